The molecule has 0 atom stereocenters. The predicted molar refractivity (Wildman–Crippen MR) is 53.4 cm³/mol. The second-order valence-electron chi connectivity index (χ2n) is 4.64. The van der Waals surface area contributed by atoms with E-state index in [1.165, 1.54) is 32.5 Å². The average Bonchev–Trinajstić information content (AvgIpc) is 1.99. The van der Waals surface area contributed by atoms with Crippen LogP contribution in [0.1, 0.15) is 26.7 Å². The molecule has 2 nitrogen and oxygen atoms in total. The van der Waals surface area contributed by atoms with E-state index in [4.69, 9.17) is 0 Å². The summed E-state index contributed by atoms with van der Waals surface area (Å²) in [5.41, 5.74) is 0.384. The Morgan fingerprint density at radius 3 is 2.33 bits per heavy atom. The largest absolute Gasteiger partial charge is 0.306 e. The van der Waals surface area contributed by atoms with Gasteiger partial charge in [0, 0.05) is 5.54 Å². The molecule has 0 amide bonds. The third-order valence-corrected chi connectivity index (χ3v) is 3.17. The summed E-state index contributed by atoms with van der Waals surface area (Å²) in [6.07, 6.45) is 2.58. The first kappa shape index (κ1) is 10.0. The van der Waals surface area contributed by atoms with Gasteiger partial charge in [0.15, 0.2) is 0 Å². The van der Waals surface area contributed by atoms with Crippen molar-refractivity contribution in [2.75, 3.05) is 33.7 Å². The highest BCUT2D eigenvalue weighted by molar-refractivity contribution is 4.82. The van der Waals surface area contributed by atoms with Crippen molar-refractivity contribution in [3.8, 4) is 0 Å². The molecule has 72 valence electrons. The molecule has 0 bridgehead atoms. The van der Waals surface area contributed by atoms with Gasteiger partial charge in [-0.3, -0.25) is 0 Å². The molecule has 0 aromatic heterocycles. The fourth-order valence-electron chi connectivity index (χ4n) is 1.65. The lowest BCUT2D eigenvalue weighted by Crippen LogP contribution is -2.46. The standard InChI is InChI=1S/C10H22N2/c1-10(2)6-9-11(3)7-5-8-12(10)4/h5-9H2,1-4H3. The molecule has 0 unspecified atom stereocenters. The monoisotopic (exact) mass is 170 g/mol. The summed E-state index contributed by atoms with van der Waals surface area (Å²) in [5, 5.41) is 0. The Morgan fingerprint density at radius 2 is 1.67 bits per heavy atom. The number of nitrogens with zero attached hydrogens (tertiary/aromatic N) is 2. The molecule has 1 saturated heterocycles. The van der Waals surface area contributed by atoms with Crippen LogP contribution in [0.4, 0.5) is 0 Å². The minimum atomic E-state index is 0.384. The SMILES string of the molecule is CN1CCCN(C)C(C)(C)CC1. The first-order valence-electron chi connectivity index (χ1n) is 4.92. The number of hydrogen-bond donors (Lipinski definition) is 0. The van der Waals surface area contributed by atoms with Crippen LogP contribution in [0.3, 0.4) is 0 Å². The van der Waals surface area contributed by atoms with Gasteiger partial charge in [-0.1, -0.05) is 0 Å². The molecule has 0 aliphatic carbocycles. The van der Waals surface area contributed by atoms with Crippen molar-refractivity contribution < 1.29 is 0 Å². The molecule has 0 N–H and O–H groups in total. The lowest BCUT2D eigenvalue weighted by atomic mass is 9.97. The summed E-state index contributed by atoms with van der Waals surface area (Å²) < 4.78 is 0. The molecular weight excluding hydrogens is 148 g/mol. The van der Waals surface area contributed by atoms with Crippen LogP contribution < -0.4 is 0 Å². The van der Waals surface area contributed by atoms with Crippen molar-refractivity contribution in [3.05, 3.63) is 0 Å². The quantitative estimate of drug-likeness (QED) is 0.542. The molecule has 1 aliphatic rings. The second kappa shape index (κ2) is 3.75. The smallest absolute Gasteiger partial charge is 0.0162 e. The Morgan fingerprint density at radius 1 is 1.00 bits per heavy atom. The van der Waals surface area contributed by atoms with E-state index >= 15 is 0 Å². The van der Waals surface area contributed by atoms with Crippen LogP contribution in [0.5, 0.6) is 0 Å². The van der Waals surface area contributed by atoms with Crippen LogP contribution in [0.2, 0.25) is 0 Å². The van der Waals surface area contributed by atoms with Crippen LogP contribution in [-0.2, 0) is 0 Å². The minimum Gasteiger partial charge on any atom is -0.306 e. The van der Waals surface area contributed by atoms with Gasteiger partial charge in [-0.05, 0) is 60.4 Å². The first-order valence-corrected chi connectivity index (χ1v) is 4.92. The zero-order valence-electron chi connectivity index (χ0n) is 8.93. The highest BCUT2D eigenvalue weighted by Gasteiger charge is 2.24. The van der Waals surface area contributed by atoms with Crippen LogP contribution in [0.25, 0.3) is 0 Å². The molecule has 1 fully saturated rings. The third-order valence-electron chi connectivity index (χ3n) is 3.17. The van der Waals surface area contributed by atoms with E-state index in [1.54, 1.807) is 0 Å². The number of rotatable bonds is 0. The summed E-state index contributed by atoms with van der Waals surface area (Å²) in [4.78, 5) is 4.93. The number of hydrogen-bond acceptors (Lipinski definition) is 2. The third kappa shape index (κ3) is 2.46. The maximum Gasteiger partial charge on any atom is 0.0162 e. The molecule has 1 rings (SSSR count). The molecule has 0 radical (unpaired) electrons. The maximum absolute atomic E-state index is 2.49. The fraction of sp³-hybridized carbons (Fsp3) is 1.00. The highest BCUT2D eigenvalue weighted by atomic mass is 15.2. The van der Waals surface area contributed by atoms with Crippen LogP contribution >= 0.6 is 0 Å². The molecule has 0 aromatic carbocycles. The summed E-state index contributed by atoms with van der Waals surface area (Å²) >= 11 is 0. The Labute approximate surface area is 76.5 Å². The van der Waals surface area contributed by atoms with Crippen molar-refractivity contribution in [1.29, 1.82) is 0 Å². The molecule has 0 saturated carbocycles. The van der Waals surface area contributed by atoms with Gasteiger partial charge in [-0.25, -0.2) is 0 Å². The average molecular weight is 170 g/mol. The summed E-state index contributed by atoms with van der Waals surface area (Å²) in [7, 11) is 4.46. The van der Waals surface area contributed by atoms with E-state index in [2.05, 4.69) is 37.7 Å². The lowest BCUT2D eigenvalue weighted by Gasteiger charge is -2.39. The zero-order valence-corrected chi connectivity index (χ0v) is 8.93. The van der Waals surface area contributed by atoms with E-state index < -0.39 is 0 Å². The normalized spacial score (nSPS) is 28.0. The van der Waals surface area contributed by atoms with E-state index in [1.807, 2.05) is 0 Å². The topological polar surface area (TPSA) is 6.48 Å². The van der Waals surface area contributed by atoms with Crippen molar-refractivity contribution in [2.24, 2.45) is 0 Å². The first-order chi connectivity index (χ1) is 5.52. The lowest BCUT2D eigenvalue weighted by molar-refractivity contribution is 0.104. The zero-order chi connectivity index (χ0) is 9.19. The fourth-order valence-corrected chi connectivity index (χ4v) is 1.65. The van der Waals surface area contributed by atoms with Gasteiger partial charge in [0.1, 0.15) is 0 Å². The Kier molecular flexibility index (Phi) is 3.13. The van der Waals surface area contributed by atoms with Gasteiger partial charge in [0.2, 0.25) is 0 Å². The van der Waals surface area contributed by atoms with Crippen molar-refractivity contribution >= 4 is 0 Å². The highest BCUT2D eigenvalue weighted by Crippen LogP contribution is 2.19. The molecular formula is C10H22N2. The van der Waals surface area contributed by atoms with E-state index in [9.17, 15) is 0 Å². The van der Waals surface area contributed by atoms with Gasteiger partial charge in [0.05, 0.1) is 0 Å². The van der Waals surface area contributed by atoms with E-state index in [0.717, 1.165) is 0 Å². The second-order valence-corrected chi connectivity index (χ2v) is 4.64. The van der Waals surface area contributed by atoms with Crippen LogP contribution in [-0.4, -0.2) is 49.1 Å². The summed E-state index contributed by atoms with van der Waals surface area (Å²) in [5.74, 6) is 0. The Bertz CT molecular complexity index is 143. The summed E-state index contributed by atoms with van der Waals surface area (Å²) in [6.45, 7) is 8.40. The van der Waals surface area contributed by atoms with Crippen LogP contribution in [0.15, 0.2) is 0 Å². The molecule has 1 heterocycles. The van der Waals surface area contributed by atoms with E-state index in [-0.39, 0.29) is 0 Å². The Hall–Kier alpha value is -0.0800. The van der Waals surface area contributed by atoms with Crippen molar-refractivity contribution in [2.45, 2.75) is 32.2 Å². The molecule has 1 aliphatic heterocycles. The molecule has 12 heavy (non-hydrogen) atoms. The van der Waals surface area contributed by atoms with Gasteiger partial charge < -0.3 is 9.80 Å². The van der Waals surface area contributed by atoms with Crippen molar-refractivity contribution in [3.63, 3.8) is 0 Å². The summed E-state index contributed by atoms with van der Waals surface area (Å²) in [6, 6.07) is 0. The maximum atomic E-state index is 2.49. The van der Waals surface area contributed by atoms with Gasteiger partial charge >= 0.3 is 0 Å². The predicted octanol–water partition coefficient (Wildman–Crippen LogP) is 1.42. The molecule has 0 spiro atoms. The van der Waals surface area contributed by atoms with Gasteiger partial charge in [-0.15, -0.1) is 0 Å². The van der Waals surface area contributed by atoms with Gasteiger partial charge in [-0.2, -0.15) is 0 Å². The molecule has 2 heteroatoms. The van der Waals surface area contributed by atoms with Crippen molar-refractivity contribution in [1.82, 2.24) is 9.80 Å². The molecule has 0 aromatic rings. The minimum absolute atomic E-state index is 0.384. The van der Waals surface area contributed by atoms with Crippen LogP contribution in [0, 0.1) is 0 Å². The van der Waals surface area contributed by atoms with Gasteiger partial charge in [0.25, 0.3) is 0 Å². The van der Waals surface area contributed by atoms with E-state index in [0.29, 0.717) is 5.54 Å². The Balaban J connectivity index is 2.52.